The second-order valence-corrected chi connectivity index (χ2v) is 6.56. The van der Waals surface area contributed by atoms with E-state index in [0.29, 0.717) is 0 Å². The molecule has 0 heterocycles. The highest BCUT2D eigenvalue weighted by atomic mass is 14.3. The highest BCUT2D eigenvalue weighted by molar-refractivity contribution is 4.72. The molecule has 2 atom stereocenters. The van der Waals surface area contributed by atoms with Gasteiger partial charge in [-0.2, -0.15) is 0 Å². The third-order valence-electron chi connectivity index (χ3n) is 4.72. The minimum atomic E-state index is 0.939. The monoisotopic (exact) mass is 284 g/mol. The lowest BCUT2D eigenvalue weighted by molar-refractivity contribution is 0.241. The van der Waals surface area contributed by atoms with Crippen molar-refractivity contribution in [2.45, 2.75) is 107 Å². The average molecular weight is 285 g/mol. The van der Waals surface area contributed by atoms with Gasteiger partial charge >= 0.3 is 0 Å². The summed E-state index contributed by atoms with van der Waals surface area (Å²) in [4.78, 5) is 0. The topological polar surface area (TPSA) is 0 Å². The quantitative estimate of drug-likeness (QED) is 0.468. The van der Waals surface area contributed by atoms with Crippen LogP contribution in [-0.4, -0.2) is 0 Å². The number of hydrogen-bond donors (Lipinski definition) is 0. The Morgan fingerprint density at radius 3 is 1.70 bits per heavy atom. The van der Waals surface area contributed by atoms with E-state index in [-0.39, 0.29) is 0 Å². The molecule has 0 N–H and O–H groups in total. The lowest BCUT2D eigenvalue weighted by atomic mass is 9.78. The van der Waals surface area contributed by atoms with E-state index in [1.165, 1.54) is 51.4 Å². The Hall–Kier alpha value is 0. The Labute approximate surface area is 131 Å². The van der Waals surface area contributed by atoms with Crippen molar-refractivity contribution in [3.63, 3.8) is 0 Å². The van der Waals surface area contributed by atoms with Crippen LogP contribution in [0.3, 0.4) is 0 Å². The van der Waals surface area contributed by atoms with Crippen molar-refractivity contribution < 1.29 is 0 Å². The van der Waals surface area contributed by atoms with Gasteiger partial charge in [-0.1, -0.05) is 100 Å². The maximum Gasteiger partial charge on any atom is -0.0412 e. The largest absolute Gasteiger partial charge is 0.0683 e. The predicted octanol–water partition coefficient (Wildman–Crippen LogP) is 7.72. The second kappa shape index (κ2) is 15.4. The summed E-state index contributed by atoms with van der Waals surface area (Å²) in [5.74, 6) is 3.97. The molecule has 0 radical (unpaired) electrons. The Morgan fingerprint density at radius 2 is 1.25 bits per heavy atom. The first-order valence-electron chi connectivity index (χ1n) is 9.61. The fourth-order valence-electron chi connectivity index (χ4n) is 3.02. The Morgan fingerprint density at radius 1 is 0.800 bits per heavy atom. The highest BCUT2D eigenvalue weighted by Gasteiger charge is 2.20. The summed E-state index contributed by atoms with van der Waals surface area (Å²) in [5, 5.41) is 0. The van der Waals surface area contributed by atoms with E-state index in [1.54, 1.807) is 0 Å². The van der Waals surface area contributed by atoms with Gasteiger partial charge in [-0.05, 0) is 30.1 Å². The molecule has 0 spiro atoms. The van der Waals surface area contributed by atoms with Gasteiger partial charge in [-0.3, -0.25) is 0 Å². The molecule has 1 aliphatic carbocycles. The summed E-state index contributed by atoms with van der Waals surface area (Å²) in [6.07, 6.45) is 11.8. The molecule has 0 saturated heterocycles. The van der Waals surface area contributed by atoms with Crippen LogP contribution in [0.2, 0.25) is 0 Å². The van der Waals surface area contributed by atoms with Gasteiger partial charge in [-0.15, -0.1) is 0 Å². The molecule has 0 aromatic heterocycles. The molecule has 0 bridgehead atoms. The van der Waals surface area contributed by atoms with E-state index in [2.05, 4.69) is 27.7 Å². The molecule has 1 saturated carbocycles. The first-order chi connectivity index (χ1) is 9.61. The van der Waals surface area contributed by atoms with Crippen LogP contribution in [0.4, 0.5) is 0 Å². The Balaban J connectivity index is 0. The van der Waals surface area contributed by atoms with Crippen molar-refractivity contribution in [3.05, 3.63) is 0 Å². The van der Waals surface area contributed by atoms with Gasteiger partial charge in [0.2, 0.25) is 0 Å². The van der Waals surface area contributed by atoms with E-state index in [1.807, 2.05) is 27.7 Å². The first-order valence-corrected chi connectivity index (χ1v) is 9.61. The minimum absolute atomic E-state index is 0.939. The molecular formula is C20H44. The summed E-state index contributed by atoms with van der Waals surface area (Å²) >= 11 is 0. The van der Waals surface area contributed by atoms with Crippen molar-refractivity contribution in [2.24, 2.45) is 23.7 Å². The van der Waals surface area contributed by atoms with Crippen LogP contribution in [-0.2, 0) is 0 Å². The SMILES string of the molecule is CC.CC.CCC(C)CCC(C)CC1CCC(C)CC1. The summed E-state index contributed by atoms with van der Waals surface area (Å²) in [6, 6.07) is 0. The van der Waals surface area contributed by atoms with E-state index in [9.17, 15) is 0 Å². The molecule has 0 heteroatoms. The van der Waals surface area contributed by atoms with E-state index in [0.717, 1.165) is 23.7 Å². The smallest absolute Gasteiger partial charge is 0.0412 e. The molecule has 20 heavy (non-hydrogen) atoms. The zero-order chi connectivity index (χ0) is 16.0. The molecule has 1 aliphatic rings. The van der Waals surface area contributed by atoms with Crippen LogP contribution < -0.4 is 0 Å². The zero-order valence-electron chi connectivity index (χ0n) is 16.0. The summed E-state index contributed by atoms with van der Waals surface area (Å²) in [5.41, 5.74) is 0. The van der Waals surface area contributed by atoms with E-state index < -0.39 is 0 Å². The average Bonchev–Trinajstić information content (AvgIpc) is 2.51. The van der Waals surface area contributed by atoms with Gasteiger partial charge in [0.05, 0.1) is 0 Å². The van der Waals surface area contributed by atoms with E-state index >= 15 is 0 Å². The maximum atomic E-state index is 2.47. The summed E-state index contributed by atoms with van der Waals surface area (Å²) in [7, 11) is 0. The zero-order valence-corrected chi connectivity index (χ0v) is 16.0. The number of rotatable bonds is 6. The normalized spacial score (nSPS) is 24.6. The van der Waals surface area contributed by atoms with Gasteiger partial charge in [0, 0.05) is 0 Å². The molecule has 2 unspecified atom stereocenters. The van der Waals surface area contributed by atoms with Gasteiger partial charge in [0.25, 0.3) is 0 Å². The molecule has 0 amide bonds. The lowest BCUT2D eigenvalue weighted by Crippen LogP contribution is -2.15. The van der Waals surface area contributed by atoms with Gasteiger partial charge < -0.3 is 0 Å². The van der Waals surface area contributed by atoms with Crippen LogP contribution in [0.15, 0.2) is 0 Å². The molecule has 1 fully saturated rings. The fourth-order valence-corrected chi connectivity index (χ4v) is 3.02. The number of hydrogen-bond acceptors (Lipinski definition) is 0. The molecular weight excluding hydrogens is 240 g/mol. The van der Waals surface area contributed by atoms with E-state index in [4.69, 9.17) is 0 Å². The van der Waals surface area contributed by atoms with Crippen molar-refractivity contribution in [1.82, 2.24) is 0 Å². The Kier molecular flexibility index (Phi) is 17.1. The van der Waals surface area contributed by atoms with Gasteiger partial charge in [0.15, 0.2) is 0 Å². The molecule has 0 aromatic carbocycles. The van der Waals surface area contributed by atoms with Crippen LogP contribution in [0.5, 0.6) is 0 Å². The highest BCUT2D eigenvalue weighted by Crippen LogP contribution is 2.33. The standard InChI is InChI=1S/C16H32.2C2H6/c1-5-13(2)6-7-15(4)12-16-10-8-14(3)9-11-16;2*1-2/h13-16H,5-12H2,1-4H3;2*1-2H3. The minimum Gasteiger partial charge on any atom is -0.0683 e. The molecule has 0 aromatic rings. The predicted molar refractivity (Wildman–Crippen MR) is 96.3 cm³/mol. The first kappa shape index (κ1) is 22.3. The van der Waals surface area contributed by atoms with Crippen molar-refractivity contribution in [2.75, 3.05) is 0 Å². The van der Waals surface area contributed by atoms with Crippen LogP contribution >= 0.6 is 0 Å². The summed E-state index contributed by atoms with van der Waals surface area (Å²) in [6.45, 7) is 17.6. The van der Waals surface area contributed by atoms with Crippen molar-refractivity contribution >= 4 is 0 Å². The third kappa shape index (κ3) is 11.8. The van der Waals surface area contributed by atoms with Crippen molar-refractivity contribution in [1.29, 1.82) is 0 Å². The molecule has 0 aliphatic heterocycles. The van der Waals surface area contributed by atoms with Gasteiger partial charge in [-0.25, -0.2) is 0 Å². The lowest BCUT2D eigenvalue weighted by Gasteiger charge is -2.28. The fraction of sp³-hybridized carbons (Fsp3) is 1.00. The molecule has 0 nitrogen and oxygen atoms in total. The third-order valence-corrected chi connectivity index (χ3v) is 4.72. The maximum absolute atomic E-state index is 2.47. The summed E-state index contributed by atoms with van der Waals surface area (Å²) < 4.78 is 0. The Bertz CT molecular complexity index is 165. The molecule has 1 rings (SSSR count). The molecule has 124 valence electrons. The van der Waals surface area contributed by atoms with Crippen LogP contribution in [0.1, 0.15) is 107 Å². The van der Waals surface area contributed by atoms with Gasteiger partial charge in [0.1, 0.15) is 0 Å². The van der Waals surface area contributed by atoms with Crippen LogP contribution in [0.25, 0.3) is 0 Å². The van der Waals surface area contributed by atoms with Crippen molar-refractivity contribution in [3.8, 4) is 0 Å². The second-order valence-electron chi connectivity index (χ2n) is 6.56. The van der Waals surface area contributed by atoms with Crippen LogP contribution in [0, 0.1) is 23.7 Å².